The van der Waals surface area contributed by atoms with Crippen molar-refractivity contribution >= 4 is 39.4 Å². The fourth-order valence-electron chi connectivity index (χ4n) is 4.80. The second-order valence-electron chi connectivity index (χ2n) is 9.07. The molecule has 0 radical (unpaired) electrons. The number of fused-ring (bicyclic) bond motifs is 3. The molecule has 4 aromatic heterocycles. The molecule has 1 fully saturated rings. The molecule has 0 atom stereocenters. The van der Waals surface area contributed by atoms with Gasteiger partial charge < -0.3 is 10.2 Å². The van der Waals surface area contributed by atoms with Crippen LogP contribution in [0.3, 0.4) is 0 Å². The fraction of sp³-hybridized carbons (Fsp3) is 0.231. The normalized spacial score (nSPS) is 14.2. The third-order valence-corrected chi connectivity index (χ3v) is 7.26. The van der Waals surface area contributed by atoms with Gasteiger partial charge in [0.05, 0.1) is 33.4 Å². The van der Waals surface area contributed by atoms with E-state index in [1.165, 1.54) is 30.1 Å². The second-order valence-corrected chi connectivity index (χ2v) is 9.85. The van der Waals surface area contributed by atoms with Gasteiger partial charge in [0.1, 0.15) is 5.52 Å². The number of halogens is 3. The third kappa shape index (κ3) is 4.58. The highest BCUT2D eigenvalue weighted by molar-refractivity contribution is 7.98. The number of aromatic amines is 1. The molecule has 1 aliphatic heterocycles. The number of rotatable bonds is 4. The van der Waals surface area contributed by atoms with E-state index >= 15 is 0 Å². The van der Waals surface area contributed by atoms with Crippen LogP contribution in [0.4, 0.5) is 18.9 Å². The molecule has 0 unspecified atom stereocenters. The van der Waals surface area contributed by atoms with Crippen molar-refractivity contribution in [2.24, 2.45) is 0 Å². The van der Waals surface area contributed by atoms with Crippen molar-refractivity contribution in [1.29, 1.82) is 0 Å². The molecule has 1 saturated heterocycles. The molecular formula is C26H21F3N8O2S. The molecule has 0 aliphatic carbocycles. The second kappa shape index (κ2) is 10.0. The molecule has 6 rings (SSSR count). The van der Waals surface area contributed by atoms with Crippen LogP contribution in [-0.2, 0) is 6.18 Å². The molecule has 1 aliphatic rings. The first-order valence-electron chi connectivity index (χ1n) is 12.2. The Morgan fingerprint density at radius 2 is 1.73 bits per heavy atom. The quantitative estimate of drug-likeness (QED) is 0.192. The number of thioether (sulfide) groups is 1. The summed E-state index contributed by atoms with van der Waals surface area (Å²) in [5.74, 6) is 0. The van der Waals surface area contributed by atoms with Crippen molar-refractivity contribution in [3.05, 3.63) is 75.3 Å². The number of alkyl halides is 3. The highest BCUT2D eigenvalue weighted by atomic mass is 32.2. The summed E-state index contributed by atoms with van der Waals surface area (Å²) in [7, 11) is 0. The number of H-pyrrole nitrogens is 1. The first-order valence-corrected chi connectivity index (χ1v) is 13.5. The summed E-state index contributed by atoms with van der Waals surface area (Å²) >= 11 is 1.38. The van der Waals surface area contributed by atoms with E-state index in [0.717, 1.165) is 10.6 Å². The van der Waals surface area contributed by atoms with Crippen LogP contribution >= 0.6 is 11.8 Å². The van der Waals surface area contributed by atoms with E-state index < -0.39 is 23.0 Å². The molecule has 2 N–H and O–H groups in total. The number of nitrogens with zero attached hydrogens (tertiary/aromatic N) is 6. The Kier molecular flexibility index (Phi) is 6.50. The molecule has 0 amide bonds. The minimum Gasteiger partial charge on any atom is -0.368 e. The van der Waals surface area contributed by atoms with Gasteiger partial charge in [-0.2, -0.15) is 13.2 Å². The van der Waals surface area contributed by atoms with E-state index in [-0.39, 0.29) is 27.8 Å². The minimum absolute atomic E-state index is 0.00507. The highest BCUT2D eigenvalue weighted by Gasteiger charge is 2.36. The largest absolute Gasteiger partial charge is 0.418 e. The van der Waals surface area contributed by atoms with Gasteiger partial charge in [-0.1, -0.05) is 11.8 Å². The lowest BCUT2D eigenvalue weighted by atomic mass is 10.1. The van der Waals surface area contributed by atoms with Crippen LogP contribution in [0, 0.1) is 0 Å². The van der Waals surface area contributed by atoms with Crippen molar-refractivity contribution < 1.29 is 13.2 Å². The topological polar surface area (TPSA) is 122 Å². The Bertz CT molecular complexity index is 1870. The van der Waals surface area contributed by atoms with Crippen molar-refractivity contribution in [1.82, 2.24) is 34.8 Å². The Hall–Kier alpha value is -4.30. The van der Waals surface area contributed by atoms with Crippen LogP contribution in [0.15, 0.2) is 63.7 Å². The van der Waals surface area contributed by atoms with E-state index in [1.54, 1.807) is 29.4 Å². The van der Waals surface area contributed by atoms with Crippen molar-refractivity contribution in [2.75, 3.05) is 37.3 Å². The number of aromatic nitrogens is 6. The summed E-state index contributed by atoms with van der Waals surface area (Å²) in [5.41, 5.74) is -0.940. The average molecular weight is 567 g/mol. The number of pyridine rings is 2. The van der Waals surface area contributed by atoms with Gasteiger partial charge in [0.15, 0.2) is 5.16 Å². The lowest BCUT2D eigenvalue weighted by Crippen LogP contribution is -2.44. The molecular weight excluding hydrogens is 545 g/mol. The number of nitrogens with one attached hydrogen (secondary N) is 2. The molecule has 204 valence electrons. The molecule has 1 aromatic carbocycles. The summed E-state index contributed by atoms with van der Waals surface area (Å²) in [6.07, 6.45) is 1.63. The Labute approximate surface area is 228 Å². The van der Waals surface area contributed by atoms with Crippen LogP contribution < -0.4 is 21.5 Å². The van der Waals surface area contributed by atoms with Crippen LogP contribution in [0.25, 0.3) is 38.9 Å². The Morgan fingerprint density at radius 3 is 2.42 bits per heavy atom. The van der Waals surface area contributed by atoms with Gasteiger partial charge in [-0.3, -0.25) is 19.3 Å². The monoisotopic (exact) mass is 566 g/mol. The first-order chi connectivity index (χ1) is 19.2. The summed E-state index contributed by atoms with van der Waals surface area (Å²) in [5, 5.41) is 3.70. The minimum atomic E-state index is -4.68. The van der Waals surface area contributed by atoms with Gasteiger partial charge in [0.2, 0.25) is 0 Å². The van der Waals surface area contributed by atoms with Crippen LogP contribution in [-0.4, -0.2) is 61.9 Å². The predicted molar refractivity (Wildman–Crippen MR) is 146 cm³/mol. The number of benzene rings is 1. The third-order valence-electron chi connectivity index (χ3n) is 6.69. The Balaban J connectivity index is 1.61. The summed E-state index contributed by atoms with van der Waals surface area (Å²) in [4.78, 5) is 47.3. The maximum absolute atomic E-state index is 14.3. The van der Waals surface area contributed by atoms with E-state index in [9.17, 15) is 22.8 Å². The molecule has 5 aromatic rings. The molecule has 0 bridgehead atoms. The SMILES string of the molecule is CSc1ncc(-c2ccc3ncc4c(=O)[nH]c(=O)n(-c5ccc(N6CCNCC6)c(C(F)(F)F)c5)c4c3n2)cn1. The van der Waals surface area contributed by atoms with Crippen LogP contribution in [0.2, 0.25) is 0 Å². The maximum atomic E-state index is 14.3. The smallest absolute Gasteiger partial charge is 0.368 e. The van der Waals surface area contributed by atoms with E-state index in [1.807, 2.05) is 6.26 Å². The van der Waals surface area contributed by atoms with Crippen LogP contribution in [0.1, 0.15) is 5.56 Å². The van der Waals surface area contributed by atoms with E-state index in [0.29, 0.717) is 48.1 Å². The Morgan fingerprint density at radius 1 is 0.975 bits per heavy atom. The van der Waals surface area contributed by atoms with Gasteiger partial charge >= 0.3 is 11.9 Å². The highest BCUT2D eigenvalue weighted by Crippen LogP contribution is 2.38. The average Bonchev–Trinajstić information content (AvgIpc) is 2.96. The van der Waals surface area contributed by atoms with Gasteiger partial charge in [-0.05, 0) is 36.6 Å². The maximum Gasteiger partial charge on any atom is 0.418 e. The predicted octanol–water partition coefficient (Wildman–Crippen LogP) is 3.23. The van der Waals surface area contributed by atoms with Gasteiger partial charge in [-0.25, -0.2) is 19.7 Å². The first kappa shape index (κ1) is 26.0. The standard InChI is InChI=1S/C26H21F3N8O2S/c1-40-24-32-11-14(12-33-24)18-3-4-19-21(34-18)22-16(13-31-19)23(38)35-25(39)37(22)15-2-5-20(17(10-15)26(27,28)29)36-8-6-30-7-9-36/h2-5,10-13,30H,6-9H2,1H3,(H,35,38,39). The lowest BCUT2D eigenvalue weighted by Gasteiger charge is -2.31. The molecule has 0 spiro atoms. The van der Waals surface area contributed by atoms with Gasteiger partial charge in [0.25, 0.3) is 5.56 Å². The zero-order valence-electron chi connectivity index (χ0n) is 21.0. The summed E-state index contributed by atoms with van der Waals surface area (Å²) in [6, 6.07) is 7.08. The number of anilines is 1. The molecule has 10 nitrogen and oxygen atoms in total. The fourth-order valence-corrected chi connectivity index (χ4v) is 5.12. The van der Waals surface area contributed by atoms with Gasteiger partial charge in [0, 0.05) is 56.0 Å². The molecule has 14 heteroatoms. The zero-order valence-corrected chi connectivity index (χ0v) is 21.8. The number of hydrogen-bond donors (Lipinski definition) is 2. The zero-order chi connectivity index (χ0) is 28.0. The van der Waals surface area contributed by atoms with E-state index in [2.05, 4.69) is 30.2 Å². The van der Waals surface area contributed by atoms with Crippen molar-refractivity contribution in [3.63, 3.8) is 0 Å². The van der Waals surface area contributed by atoms with Crippen molar-refractivity contribution in [3.8, 4) is 16.9 Å². The van der Waals surface area contributed by atoms with Gasteiger partial charge in [-0.15, -0.1) is 0 Å². The number of hydrogen-bond acceptors (Lipinski definition) is 9. The van der Waals surface area contributed by atoms with Crippen LogP contribution in [0.5, 0.6) is 0 Å². The lowest BCUT2D eigenvalue weighted by molar-refractivity contribution is -0.137. The molecule has 5 heterocycles. The molecule has 40 heavy (non-hydrogen) atoms. The number of piperazine rings is 1. The molecule has 0 saturated carbocycles. The summed E-state index contributed by atoms with van der Waals surface area (Å²) in [6.45, 7) is 1.94. The van der Waals surface area contributed by atoms with Crippen molar-refractivity contribution in [2.45, 2.75) is 11.3 Å². The summed E-state index contributed by atoms with van der Waals surface area (Å²) < 4.78 is 43.9. The van der Waals surface area contributed by atoms with E-state index in [4.69, 9.17) is 0 Å².